The summed E-state index contributed by atoms with van der Waals surface area (Å²) in [7, 11) is -3.73. The minimum Gasteiger partial charge on any atom is -0.494 e. The Balaban J connectivity index is 1.44. The van der Waals surface area contributed by atoms with Gasteiger partial charge in [-0.05, 0) is 49.1 Å². The number of ether oxygens (including phenoxy) is 1. The summed E-state index contributed by atoms with van der Waals surface area (Å²) in [6, 6.07) is 18.7. The molecule has 1 aliphatic carbocycles. The number of hydrogen-bond acceptors (Lipinski definition) is 6. The zero-order valence-electron chi connectivity index (χ0n) is 21.2. The second-order valence-electron chi connectivity index (χ2n) is 9.91. The number of nitrogens with zero attached hydrogens (tertiary/aromatic N) is 2. The predicted molar refractivity (Wildman–Crippen MR) is 149 cm³/mol. The van der Waals surface area contributed by atoms with Gasteiger partial charge in [-0.25, -0.2) is 22.5 Å². The molecule has 0 bridgehead atoms. The van der Waals surface area contributed by atoms with Gasteiger partial charge in [0.1, 0.15) is 5.82 Å². The number of fused-ring (bicyclic) bond motifs is 1. The van der Waals surface area contributed by atoms with E-state index in [1.807, 2.05) is 35.2 Å². The molecule has 0 atom stereocenters. The van der Waals surface area contributed by atoms with E-state index in [2.05, 4.69) is 9.71 Å². The summed E-state index contributed by atoms with van der Waals surface area (Å²) in [5.41, 5.74) is 2.83. The van der Waals surface area contributed by atoms with Crippen molar-refractivity contribution in [3.63, 3.8) is 0 Å². The summed E-state index contributed by atoms with van der Waals surface area (Å²) in [6.45, 7) is 2.72. The van der Waals surface area contributed by atoms with Crippen LogP contribution < -0.4 is 9.62 Å². The van der Waals surface area contributed by atoms with Gasteiger partial charge in [0, 0.05) is 42.2 Å². The lowest BCUT2D eigenvalue weighted by Crippen LogP contribution is -2.36. The molecule has 1 aliphatic heterocycles. The maximum atomic E-state index is 15.2. The number of aliphatic imine (C=N–C) groups is 1. The molecule has 0 unspecified atom stereocenters. The second kappa shape index (κ2) is 10.4. The average Bonchev–Trinajstić information content (AvgIpc) is 3.72. The van der Waals surface area contributed by atoms with Crippen molar-refractivity contribution in [1.29, 1.82) is 0 Å². The Morgan fingerprint density at radius 1 is 1.08 bits per heavy atom. The molecular formula is C29H29FN4O4S. The largest absolute Gasteiger partial charge is 0.494 e. The number of rotatable bonds is 8. The third kappa shape index (κ3) is 5.40. The Kier molecular flexibility index (Phi) is 6.84. The molecule has 1 saturated heterocycles. The zero-order valence-corrected chi connectivity index (χ0v) is 22.0. The van der Waals surface area contributed by atoms with Gasteiger partial charge in [-0.2, -0.15) is 0 Å². The highest BCUT2D eigenvalue weighted by molar-refractivity contribution is 7.89. The molecule has 10 heteroatoms. The van der Waals surface area contributed by atoms with E-state index >= 15 is 4.39 Å². The number of aromatic nitrogens is 1. The maximum Gasteiger partial charge on any atom is 0.240 e. The molecule has 0 amide bonds. The first-order valence-corrected chi connectivity index (χ1v) is 14.5. The van der Waals surface area contributed by atoms with Crippen molar-refractivity contribution in [1.82, 2.24) is 9.71 Å². The van der Waals surface area contributed by atoms with E-state index in [9.17, 15) is 13.5 Å². The monoisotopic (exact) mass is 548 g/mol. The van der Waals surface area contributed by atoms with Crippen LogP contribution in [0.25, 0.3) is 10.9 Å². The van der Waals surface area contributed by atoms with E-state index in [-0.39, 0.29) is 10.8 Å². The van der Waals surface area contributed by atoms with Crippen LogP contribution in [-0.2, 0) is 14.8 Å². The third-order valence-electron chi connectivity index (χ3n) is 7.13. The number of halogens is 1. The molecular weight excluding hydrogens is 519 g/mol. The van der Waals surface area contributed by atoms with Gasteiger partial charge in [0.15, 0.2) is 5.88 Å². The van der Waals surface area contributed by atoms with Gasteiger partial charge in [-0.1, -0.05) is 30.3 Å². The molecule has 1 saturated carbocycles. The standard InChI is InChI=1S/C29H29FN4O4S/c30-24-16-21(8-11-26(24)34-12-14-38-15-13-34)32-28(20-4-2-1-3-5-20)27-23-17-22(9-10-25(23)33-29(27)35)39(36,37)31-18-19-6-7-19/h1-5,8-11,16-17,19,31,33,35H,6-7,12-15,18H2. The fourth-order valence-electron chi connectivity index (χ4n) is 4.81. The van der Waals surface area contributed by atoms with Gasteiger partial charge in [-0.3, -0.25) is 0 Å². The lowest BCUT2D eigenvalue weighted by atomic mass is 10.0. The number of anilines is 1. The number of hydrogen-bond donors (Lipinski definition) is 3. The Morgan fingerprint density at radius 3 is 2.56 bits per heavy atom. The van der Waals surface area contributed by atoms with Gasteiger partial charge in [0.05, 0.1) is 40.8 Å². The molecule has 2 heterocycles. The summed E-state index contributed by atoms with van der Waals surface area (Å²) in [5.74, 6) is -0.162. The van der Waals surface area contributed by atoms with E-state index in [0.717, 1.165) is 12.8 Å². The highest BCUT2D eigenvalue weighted by Gasteiger charge is 2.26. The lowest BCUT2D eigenvalue weighted by molar-refractivity contribution is 0.122. The van der Waals surface area contributed by atoms with E-state index in [0.29, 0.717) is 77.9 Å². The maximum absolute atomic E-state index is 15.2. The first-order valence-electron chi connectivity index (χ1n) is 13.0. The third-order valence-corrected chi connectivity index (χ3v) is 8.55. The van der Waals surface area contributed by atoms with Gasteiger partial charge in [0.25, 0.3) is 0 Å². The highest BCUT2D eigenvalue weighted by atomic mass is 32.2. The number of benzene rings is 3. The summed E-state index contributed by atoms with van der Waals surface area (Å²) >= 11 is 0. The molecule has 0 radical (unpaired) electrons. The topological polar surface area (TPSA) is 107 Å². The van der Waals surface area contributed by atoms with Crippen LogP contribution in [0.4, 0.5) is 15.8 Å². The number of morpholine rings is 1. The molecule has 2 aliphatic rings. The first kappa shape index (κ1) is 25.5. The Morgan fingerprint density at radius 2 is 1.85 bits per heavy atom. The lowest BCUT2D eigenvalue weighted by Gasteiger charge is -2.29. The van der Waals surface area contributed by atoms with E-state index in [4.69, 9.17) is 9.73 Å². The highest BCUT2D eigenvalue weighted by Crippen LogP contribution is 2.34. The van der Waals surface area contributed by atoms with Crippen molar-refractivity contribution in [3.05, 3.63) is 83.7 Å². The SMILES string of the molecule is O=S(=O)(NCC1CC1)c1ccc2[nH]c(O)c(C(=Nc3ccc(N4CCOCC4)c(F)c3)c3ccccc3)c2c1. The molecule has 6 rings (SSSR count). The average molecular weight is 549 g/mol. The van der Waals surface area contributed by atoms with Crippen molar-refractivity contribution >= 4 is 38.0 Å². The van der Waals surface area contributed by atoms with Crippen LogP contribution in [0.5, 0.6) is 5.88 Å². The Bertz CT molecular complexity index is 1640. The fourth-order valence-corrected chi connectivity index (χ4v) is 5.95. The minimum absolute atomic E-state index is 0.101. The van der Waals surface area contributed by atoms with Crippen LogP contribution in [0.2, 0.25) is 0 Å². The second-order valence-corrected chi connectivity index (χ2v) is 11.7. The molecule has 2 fully saturated rings. The van der Waals surface area contributed by atoms with Crippen LogP contribution in [0.1, 0.15) is 24.0 Å². The van der Waals surface area contributed by atoms with E-state index in [1.54, 1.807) is 18.2 Å². The van der Waals surface area contributed by atoms with Crippen molar-refractivity contribution in [2.75, 3.05) is 37.7 Å². The normalized spacial score (nSPS) is 16.6. The Hall–Kier alpha value is -3.73. The molecule has 39 heavy (non-hydrogen) atoms. The van der Waals surface area contributed by atoms with Crippen molar-refractivity contribution in [2.24, 2.45) is 10.9 Å². The van der Waals surface area contributed by atoms with Crippen molar-refractivity contribution < 1.29 is 22.7 Å². The zero-order chi connectivity index (χ0) is 27.0. The number of sulfonamides is 1. The van der Waals surface area contributed by atoms with Crippen LogP contribution in [0.3, 0.4) is 0 Å². The molecule has 8 nitrogen and oxygen atoms in total. The van der Waals surface area contributed by atoms with Crippen molar-refractivity contribution in [2.45, 2.75) is 17.7 Å². The van der Waals surface area contributed by atoms with Crippen molar-refractivity contribution in [3.8, 4) is 5.88 Å². The Labute approximate surface area is 226 Å². The summed E-state index contributed by atoms with van der Waals surface area (Å²) in [6.07, 6.45) is 2.06. The minimum atomic E-state index is -3.73. The van der Waals surface area contributed by atoms with Crippen LogP contribution >= 0.6 is 0 Å². The van der Waals surface area contributed by atoms with Gasteiger partial charge >= 0.3 is 0 Å². The summed E-state index contributed by atoms with van der Waals surface area (Å²) in [5, 5.41) is 11.5. The number of aromatic amines is 1. The van der Waals surface area contributed by atoms with Gasteiger partial charge in [-0.15, -0.1) is 0 Å². The van der Waals surface area contributed by atoms with Crippen LogP contribution in [-0.4, -0.2) is 57.1 Å². The number of aromatic hydroxyl groups is 1. The summed E-state index contributed by atoms with van der Waals surface area (Å²) < 4.78 is 49.2. The number of nitrogens with one attached hydrogen (secondary N) is 2. The quantitative estimate of drug-likeness (QED) is 0.277. The van der Waals surface area contributed by atoms with Crippen LogP contribution in [0.15, 0.2) is 76.6 Å². The van der Waals surface area contributed by atoms with E-state index < -0.39 is 15.8 Å². The van der Waals surface area contributed by atoms with Crippen LogP contribution in [0, 0.1) is 11.7 Å². The smallest absolute Gasteiger partial charge is 0.240 e. The molecule has 4 aromatic rings. The van der Waals surface area contributed by atoms with E-state index in [1.165, 1.54) is 18.2 Å². The molecule has 0 spiro atoms. The molecule has 1 aromatic heterocycles. The summed E-state index contributed by atoms with van der Waals surface area (Å²) in [4.78, 5) is 9.75. The fraction of sp³-hybridized carbons (Fsp3) is 0.276. The molecule has 3 aromatic carbocycles. The van der Waals surface area contributed by atoms with Gasteiger partial charge in [0.2, 0.25) is 10.0 Å². The predicted octanol–water partition coefficient (Wildman–Crippen LogP) is 4.71. The number of H-pyrrole nitrogens is 1. The molecule has 3 N–H and O–H groups in total. The van der Waals surface area contributed by atoms with Gasteiger partial charge < -0.3 is 19.7 Å². The molecule has 202 valence electrons. The first-order chi connectivity index (χ1) is 18.9.